The number of hydrogen-bond donors (Lipinski definition) is 0. The van der Waals surface area contributed by atoms with Crippen molar-refractivity contribution in [2.24, 2.45) is 0 Å². The van der Waals surface area contributed by atoms with Crippen molar-refractivity contribution < 1.29 is 23.9 Å². The lowest BCUT2D eigenvalue weighted by molar-refractivity contribution is -0.145. The summed E-state index contributed by atoms with van der Waals surface area (Å²) in [6.07, 6.45) is 1.62. The summed E-state index contributed by atoms with van der Waals surface area (Å²) in [5.41, 5.74) is 1.72. The van der Waals surface area contributed by atoms with Gasteiger partial charge in [-0.2, -0.15) is 0 Å². The first-order valence-electron chi connectivity index (χ1n) is 10.2. The van der Waals surface area contributed by atoms with Gasteiger partial charge in [0.2, 0.25) is 0 Å². The highest BCUT2D eigenvalue weighted by atomic mass is 32.2. The van der Waals surface area contributed by atoms with E-state index in [1.807, 2.05) is 48.5 Å². The number of esters is 1. The third-order valence-electron chi connectivity index (χ3n) is 4.93. The summed E-state index contributed by atoms with van der Waals surface area (Å²) >= 11 is 0.797. The summed E-state index contributed by atoms with van der Waals surface area (Å²) in [6, 6.07) is 21.5. The molecular weight excluding hydrogens is 426 g/mol. The van der Waals surface area contributed by atoms with E-state index in [9.17, 15) is 14.4 Å². The fourth-order valence-corrected chi connectivity index (χ4v) is 4.25. The molecule has 3 aromatic rings. The Balaban J connectivity index is 1.53. The van der Waals surface area contributed by atoms with Crippen molar-refractivity contribution in [3.8, 4) is 5.75 Å². The third kappa shape index (κ3) is 4.68. The molecule has 0 bridgehead atoms. The maximum absolute atomic E-state index is 12.7. The summed E-state index contributed by atoms with van der Waals surface area (Å²) in [5.74, 6) is -0.538. The van der Waals surface area contributed by atoms with Crippen LogP contribution < -0.4 is 4.74 Å². The van der Waals surface area contributed by atoms with Crippen LogP contribution in [0.1, 0.15) is 18.1 Å². The van der Waals surface area contributed by atoms with Crippen molar-refractivity contribution in [1.82, 2.24) is 4.90 Å². The summed E-state index contributed by atoms with van der Waals surface area (Å²) in [6.45, 7) is 1.82. The first-order chi connectivity index (χ1) is 15.6. The van der Waals surface area contributed by atoms with E-state index in [2.05, 4.69) is 18.2 Å². The van der Waals surface area contributed by atoms with Gasteiger partial charge in [0.05, 0.1) is 11.5 Å². The highest BCUT2D eigenvalue weighted by Gasteiger charge is 2.36. The van der Waals surface area contributed by atoms with Crippen LogP contribution in [0.3, 0.4) is 0 Å². The number of imide groups is 1. The molecule has 0 spiro atoms. The van der Waals surface area contributed by atoms with Gasteiger partial charge in [0, 0.05) is 5.56 Å². The molecule has 1 saturated heterocycles. The Kier molecular flexibility index (Phi) is 6.56. The van der Waals surface area contributed by atoms with E-state index < -0.39 is 23.7 Å². The number of fused-ring (bicyclic) bond motifs is 1. The summed E-state index contributed by atoms with van der Waals surface area (Å²) in [4.78, 5) is 37.7. The van der Waals surface area contributed by atoms with Crippen LogP contribution in [0.5, 0.6) is 5.75 Å². The molecule has 0 unspecified atom stereocenters. The van der Waals surface area contributed by atoms with Gasteiger partial charge in [0.1, 0.15) is 18.9 Å². The first-order valence-corrected chi connectivity index (χ1v) is 11.0. The molecule has 2 amide bonds. The second kappa shape index (κ2) is 9.70. The second-order valence-electron chi connectivity index (χ2n) is 7.04. The molecule has 32 heavy (non-hydrogen) atoms. The zero-order chi connectivity index (χ0) is 22.5. The molecule has 1 heterocycles. The van der Waals surface area contributed by atoms with Crippen molar-refractivity contribution in [2.75, 3.05) is 13.2 Å². The number of thioether (sulfide) groups is 1. The van der Waals surface area contributed by atoms with E-state index in [0.717, 1.165) is 33.0 Å². The fraction of sp³-hybridized carbons (Fsp3) is 0.160. The lowest BCUT2D eigenvalue weighted by Crippen LogP contribution is -2.34. The summed E-state index contributed by atoms with van der Waals surface area (Å²) in [7, 11) is 0. The van der Waals surface area contributed by atoms with Crippen LogP contribution in [0, 0.1) is 0 Å². The minimum Gasteiger partial charge on any atom is -0.488 e. The quantitative estimate of drug-likeness (QED) is 0.374. The Labute approximate surface area is 189 Å². The lowest BCUT2D eigenvalue weighted by Gasteiger charge is -2.12. The van der Waals surface area contributed by atoms with E-state index in [1.54, 1.807) is 13.0 Å². The number of ether oxygens (including phenoxy) is 2. The molecule has 0 saturated carbocycles. The van der Waals surface area contributed by atoms with E-state index in [1.165, 1.54) is 0 Å². The van der Waals surface area contributed by atoms with E-state index >= 15 is 0 Å². The molecule has 6 nitrogen and oxygen atoms in total. The predicted molar refractivity (Wildman–Crippen MR) is 124 cm³/mol. The number of benzene rings is 3. The molecule has 0 aromatic heterocycles. The number of hydrogen-bond acceptors (Lipinski definition) is 6. The topological polar surface area (TPSA) is 72.9 Å². The third-order valence-corrected chi connectivity index (χ3v) is 5.84. The second-order valence-corrected chi connectivity index (χ2v) is 8.03. The molecule has 0 radical (unpaired) electrons. The van der Waals surface area contributed by atoms with Gasteiger partial charge in [-0.05, 0) is 47.2 Å². The number of carbonyl (C=O) groups is 3. The maximum atomic E-state index is 12.7. The molecule has 0 atom stereocenters. The van der Waals surface area contributed by atoms with Crippen molar-refractivity contribution in [3.63, 3.8) is 0 Å². The number of nitrogens with zero attached hydrogens (tertiary/aromatic N) is 1. The zero-order valence-electron chi connectivity index (χ0n) is 17.4. The lowest BCUT2D eigenvalue weighted by atomic mass is 10.1. The molecule has 0 N–H and O–H groups in total. The summed E-state index contributed by atoms with van der Waals surface area (Å²) in [5, 5.41) is 1.76. The predicted octanol–water partition coefficient (Wildman–Crippen LogP) is 5.02. The Morgan fingerprint density at radius 2 is 1.75 bits per heavy atom. The van der Waals surface area contributed by atoms with Gasteiger partial charge in [0.25, 0.3) is 11.1 Å². The van der Waals surface area contributed by atoms with E-state index in [0.29, 0.717) is 17.9 Å². The van der Waals surface area contributed by atoms with Crippen LogP contribution in [0.2, 0.25) is 0 Å². The molecule has 1 fully saturated rings. The highest BCUT2D eigenvalue weighted by molar-refractivity contribution is 8.18. The van der Waals surface area contributed by atoms with Gasteiger partial charge in [-0.25, -0.2) is 0 Å². The molecule has 162 valence electrons. The van der Waals surface area contributed by atoms with Crippen LogP contribution in [0.4, 0.5) is 4.79 Å². The molecule has 1 aliphatic rings. The van der Waals surface area contributed by atoms with Gasteiger partial charge in [0.15, 0.2) is 0 Å². The van der Waals surface area contributed by atoms with E-state index in [4.69, 9.17) is 9.47 Å². The molecular formula is C25H21NO5S. The van der Waals surface area contributed by atoms with Crippen LogP contribution in [-0.4, -0.2) is 35.2 Å². The largest absolute Gasteiger partial charge is 0.488 e. The molecule has 0 aliphatic carbocycles. The fourth-order valence-electron chi connectivity index (χ4n) is 3.42. The van der Waals surface area contributed by atoms with Crippen molar-refractivity contribution in [1.29, 1.82) is 0 Å². The number of amides is 2. The molecule has 4 rings (SSSR count). The number of para-hydroxylation sites is 1. The average Bonchev–Trinajstić information content (AvgIpc) is 3.06. The number of carbonyl (C=O) groups excluding carboxylic acids is 3. The van der Waals surface area contributed by atoms with Gasteiger partial charge < -0.3 is 9.47 Å². The Bertz CT molecular complexity index is 1210. The Morgan fingerprint density at radius 3 is 2.59 bits per heavy atom. The monoisotopic (exact) mass is 447 g/mol. The van der Waals surface area contributed by atoms with Gasteiger partial charge in [-0.3, -0.25) is 19.3 Å². The van der Waals surface area contributed by atoms with Gasteiger partial charge in [-0.15, -0.1) is 0 Å². The van der Waals surface area contributed by atoms with Crippen LogP contribution in [0.15, 0.2) is 71.6 Å². The number of rotatable bonds is 7. The van der Waals surface area contributed by atoms with Crippen LogP contribution in [-0.2, 0) is 20.9 Å². The summed E-state index contributed by atoms with van der Waals surface area (Å²) < 4.78 is 10.9. The normalized spacial score (nSPS) is 14.9. The standard InChI is InChI=1S/C25H21NO5S/c1-2-30-23(27)15-26-24(28)22(32-25(26)29)14-18-9-4-6-13-21(18)31-16-19-11-7-10-17-8-3-5-12-20(17)19/h3-14H,2,15-16H2,1H3/b22-14+. The average molecular weight is 448 g/mol. The highest BCUT2D eigenvalue weighted by Crippen LogP contribution is 2.34. The smallest absolute Gasteiger partial charge is 0.326 e. The zero-order valence-corrected chi connectivity index (χ0v) is 18.3. The van der Waals surface area contributed by atoms with Crippen LogP contribution in [0.25, 0.3) is 16.8 Å². The van der Waals surface area contributed by atoms with Gasteiger partial charge in [-0.1, -0.05) is 60.7 Å². The molecule has 1 aliphatic heterocycles. The minimum absolute atomic E-state index is 0.187. The van der Waals surface area contributed by atoms with Crippen molar-refractivity contribution in [2.45, 2.75) is 13.5 Å². The Morgan fingerprint density at radius 1 is 1.00 bits per heavy atom. The Hall–Kier alpha value is -3.58. The van der Waals surface area contributed by atoms with Crippen molar-refractivity contribution in [3.05, 3.63) is 82.8 Å². The molecule has 3 aromatic carbocycles. The van der Waals surface area contributed by atoms with E-state index in [-0.39, 0.29) is 11.5 Å². The first kappa shape index (κ1) is 21.6. The maximum Gasteiger partial charge on any atom is 0.326 e. The molecule has 7 heteroatoms. The SMILES string of the molecule is CCOC(=O)CN1C(=O)S/C(=C/c2ccccc2OCc2cccc3ccccc23)C1=O. The van der Waals surface area contributed by atoms with Gasteiger partial charge >= 0.3 is 5.97 Å². The van der Waals surface area contributed by atoms with Crippen LogP contribution >= 0.6 is 11.8 Å². The van der Waals surface area contributed by atoms with Crippen molar-refractivity contribution >= 4 is 45.7 Å². The minimum atomic E-state index is -0.616.